The summed E-state index contributed by atoms with van der Waals surface area (Å²) in [6.45, 7) is 0. The maximum Gasteiger partial charge on any atom is 0.142 e. The van der Waals surface area contributed by atoms with E-state index in [1.165, 1.54) is 0 Å². The van der Waals surface area contributed by atoms with E-state index in [0.717, 1.165) is 21.5 Å². The molecule has 4 rings (SSSR count). The second-order valence-electron chi connectivity index (χ2n) is 5.61. The van der Waals surface area contributed by atoms with E-state index in [1.54, 1.807) is 6.07 Å². The summed E-state index contributed by atoms with van der Waals surface area (Å²) in [4.78, 5) is 0. The average molecular weight is 400 g/mol. The van der Waals surface area contributed by atoms with E-state index in [1.807, 2.05) is 54.6 Å². The first-order valence-corrected chi connectivity index (χ1v) is 8.56. The molecule has 0 aliphatic carbocycles. The first-order chi connectivity index (χ1) is 11.6. The molecule has 0 heterocycles. The lowest BCUT2D eigenvalue weighted by Crippen LogP contribution is -1.88. The number of fused-ring (bicyclic) bond motifs is 2. The number of benzene rings is 4. The van der Waals surface area contributed by atoms with Gasteiger partial charge < -0.3 is 10.2 Å². The maximum atomic E-state index is 10.7. The Bertz CT molecular complexity index is 1020. The normalized spacial score (nSPS) is 11.2. The second-order valence-corrected chi connectivity index (χ2v) is 6.87. The molecular weight excluding hydrogens is 388 g/mol. The SMILES string of the molecule is Oc1c(Cl)cc2ccccc2c1-c1c(O)c(Br)cc2ccccc12. The van der Waals surface area contributed by atoms with Gasteiger partial charge in [-0.3, -0.25) is 0 Å². The van der Waals surface area contributed by atoms with Crippen LogP contribution in [0.5, 0.6) is 11.5 Å². The van der Waals surface area contributed by atoms with Crippen molar-refractivity contribution in [3.05, 3.63) is 70.2 Å². The van der Waals surface area contributed by atoms with Crippen LogP contribution in [0.15, 0.2) is 65.1 Å². The van der Waals surface area contributed by atoms with Crippen molar-refractivity contribution >= 4 is 49.1 Å². The first-order valence-electron chi connectivity index (χ1n) is 7.38. The monoisotopic (exact) mass is 398 g/mol. The predicted molar refractivity (Wildman–Crippen MR) is 103 cm³/mol. The minimum absolute atomic E-state index is 0.0334. The lowest BCUT2D eigenvalue weighted by molar-refractivity contribution is 0.468. The van der Waals surface area contributed by atoms with Crippen molar-refractivity contribution in [3.8, 4) is 22.6 Å². The predicted octanol–water partition coefficient (Wildman–Crippen LogP) is 6.49. The lowest BCUT2D eigenvalue weighted by atomic mass is 9.92. The third-order valence-electron chi connectivity index (χ3n) is 4.20. The fraction of sp³-hybridized carbons (Fsp3) is 0. The molecule has 4 heteroatoms. The van der Waals surface area contributed by atoms with Crippen molar-refractivity contribution in [3.63, 3.8) is 0 Å². The summed E-state index contributed by atoms with van der Waals surface area (Å²) in [6.07, 6.45) is 0. The molecule has 4 aromatic rings. The molecule has 0 aliphatic heterocycles. The van der Waals surface area contributed by atoms with Crippen molar-refractivity contribution in [2.75, 3.05) is 0 Å². The van der Waals surface area contributed by atoms with E-state index in [9.17, 15) is 10.2 Å². The fourth-order valence-electron chi connectivity index (χ4n) is 3.11. The highest BCUT2D eigenvalue weighted by molar-refractivity contribution is 9.10. The van der Waals surface area contributed by atoms with E-state index in [4.69, 9.17) is 11.6 Å². The molecule has 2 nitrogen and oxygen atoms in total. The summed E-state index contributed by atoms with van der Waals surface area (Å²) in [5.41, 5.74) is 1.10. The van der Waals surface area contributed by atoms with Gasteiger partial charge in [0, 0.05) is 11.1 Å². The van der Waals surface area contributed by atoms with Gasteiger partial charge in [0.15, 0.2) is 0 Å². The van der Waals surface area contributed by atoms with Crippen LogP contribution in [-0.2, 0) is 0 Å². The zero-order valence-corrected chi connectivity index (χ0v) is 14.8. The Morgan fingerprint density at radius 3 is 1.83 bits per heavy atom. The molecule has 0 saturated carbocycles. The summed E-state index contributed by atoms with van der Waals surface area (Å²) >= 11 is 9.65. The highest BCUT2D eigenvalue weighted by Crippen LogP contribution is 2.49. The Kier molecular flexibility index (Phi) is 3.63. The van der Waals surface area contributed by atoms with Gasteiger partial charge in [-0.25, -0.2) is 0 Å². The molecule has 0 aromatic heterocycles. The lowest BCUT2D eigenvalue weighted by Gasteiger charge is -2.16. The van der Waals surface area contributed by atoms with Crippen LogP contribution >= 0.6 is 27.5 Å². The van der Waals surface area contributed by atoms with Gasteiger partial charge >= 0.3 is 0 Å². The summed E-state index contributed by atoms with van der Waals surface area (Å²) in [5.74, 6) is 0.0466. The summed E-state index contributed by atoms with van der Waals surface area (Å²) < 4.78 is 0.569. The zero-order chi connectivity index (χ0) is 16.8. The van der Waals surface area contributed by atoms with E-state index >= 15 is 0 Å². The van der Waals surface area contributed by atoms with Gasteiger partial charge in [0.1, 0.15) is 11.5 Å². The van der Waals surface area contributed by atoms with Crippen LogP contribution in [0.3, 0.4) is 0 Å². The van der Waals surface area contributed by atoms with E-state index in [0.29, 0.717) is 15.6 Å². The minimum Gasteiger partial charge on any atom is -0.506 e. The van der Waals surface area contributed by atoms with E-state index < -0.39 is 0 Å². The van der Waals surface area contributed by atoms with Crippen LogP contribution in [0.1, 0.15) is 0 Å². The van der Waals surface area contributed by atoms with Crippen molar-refractivity contribution < 1.29 is 10.2 Å². The summed E-state index contributed by atoms with van der Waals surface area (Å²) in [6, 6.07) is 19.0. The Labute approximate surface area is 152 Å². The molecule has 4 aromatic carbocycles. The summed E-state index contributed by atoms with van der Waals surface area (Å²) in [7, 11) is 0. The molecule has 2 N–H and O–H groups in total. The molecule has 0 aliphatic rings. The van der Waals surface area contributed by atoms with Crippen LogP contribution in [0, 0.1) is 0 Å². The molecule has 0 spiro atoms. The van der Waals surface area contributed by atoms with Crippen LogP contribution in [0.4, 0.5) is 0 Å². The average Bonchev–Trinajstić information content (AvgIpc) is 2.58. The number of phenols is 2. The van der Waals surface area contributed by atoms with Crippen molar-refractivity contribution in [2.45, 2.75) is 0 Å². The molecule has 0 radical (unpaired) electrons. The number of hydrogen-bond donors (Lipinski definition) is 2. The van der Waals surface area contributed by atoms with Crippen LogP contribution in [-0.4, -0.2) is 10.2 Å². The van der Waals surface area contributed by atoms with Crippen molar-refractivity contribution in [1.29, 1.82) is 0 Å². The Hall–Kier alpha value is -2.23. The Morgan fingerprint density at radius 2 is 1.21 bits per heavy atom. The fourth-order valence-corrected chi connectivity index (χ4v) is 3.77. The molecule has 118 valence electrons. The number of phenolic OH excluding ortho intramolecular Hbond substituents is 2. The molecule has 0 amide bonds. The highest BCUT2D eigenvalue weighted by Gasteiger charge is 2.20. The standard InChI is InChI=1S/C20H12BrClO2/c21-15-9-11-5-1-3-7-13(11)17(19(15)23)18-14-8-4-2-6-12(14)10-16(22)20(18)24/h1-10,23-24H. The highest BCUT2D eigenvalue weighted by atomic mass is 79.9. The second kappa shape index (κ2) is 5.69. The number of hydrogen-bond acceptors (Lipinski definition) is 2. The first kappa shape index (κ1) is 15.3. The maximum absolute atomic E-state index is 10.7. The molecular formula is C20H12BrClO2. The number of aromatic hydroxyl groups is 2. The van der Waals surface area contributed by atoms with Crippen LogP contribution < -0.4 is 0 Å². The third kappa shape index (κ3) is 2.24. The molecule has 0 atom stereocenters. The van der Waals surface area contributed by atoms with E-state index in [-0.39, 0.29) is 16.5 Å². The Balaban J connectivity index is 2.26. The van der Waals surface area contributed by atoms with Gasteiger partial charge in [-0.1, -0.05) is 60.1 Å². The van der Waals surface area contributed by atoms with Gasteiger partial charge in [-0.05, 0) is 49.6 Å². The van der Waals surface area contributed by atoms with Gasteiger partial charge in [-0.15, -0.1) is 0 Å². The van der Waals surface area contributed by atoms with Gasteiger partial charge in [0.05, 0.1) is 9.50 Å². The number of rotatable bonds is 1. The summed E-state index contributed by atoms with van der Waals surface area (Å²) in [5, 5.41) is 25.2. The molecule has 0 unspecified atom stereocenters. The van der Waals surface area contributed by atoms with Crippen LogP contribution in [0.25, 0.3) is 32.7 Å². The van der Waals surface area contributed by atoms with Crippen molar-refractivity contribution in [2.24, 2.45) is 0 Å². The van der Waals surface area contributed by atoms with Gasteiger partial charge in [-0.2, -0.15) is 0 Å². The quantitative estimate of drug-likeness (QED) is 0.384. The van der Waals surface area contributed by atoms with Crippen molar-refractivity contribution in [1.82, 2.24) is 0 Å². The minimum atomic E-state index is -0.0334. The van der Waals surface area contributed by atoms with Gasteiger partial charge in [0.25, 0.3) is 0 Å². The zero-order valence-electron chi connectivity index (χ0n) is 12.4. The van der Waals surface area contributed by atoms with Gasteiger partial charge in [0.2, 0.25) is 0 Å². The largest absolute Gasteiger partial charge is 0.506 e. The smallest absolute Gasteiger partial charge is 0.142 e. The molecule has 24 heavy (non-hydrogen) atoms. The topological polar surface area (TPSA) is 40.5 Å². The number of halogens is 2. The molecule has 0 bridgehead atoms. The molecule has 0 saturated heterocycles. The Morgan fingerprint density at radius 1 is 0.708 bits per heavy atom. The molecule has 0 fully saturated rings. The van der Waals surface area contributed by atoms with Crippen LogP contribution in [0.2, 0.25) is 5.02 Å². The van der Waals surface area contributed by atoms with E-state index in [2.05, 4.69) is 15.9 Å². The third-order valence-corrected chi connectivity index (χ3v) is 5.09.